The third kappa shape index (κ3) is 4.25. The van der Waals surface area contributed by atoms with Gasteiger partial charge in [0, 0.05) is 25.9 Å². The topological polar surface area (TPSA) is 122 Å². The molecule has 184 valence electrons. The molecule has 13 heteroatoms. The number of amides is 3. The summed E-state index contributed by atoms with van der Waals surface area (Å²) >= 11 is 0. The molecule has 2 aromatic heterocycles. The number of rotatable bonds is 8. The first-order valence-corrected chi connectivity index (χ1v) is 12.6. The van der Waals surface area contributed by atoms with E-state index in [0.29, 0.717) is 24.1 Å². The molecule has 1 atom stereocenters. The van der Waals surface area contributed by atoms with E-state index in [1.54, 1.807) is 48.3 Å². The number of urea groups is 1. The van der Waals surface area contributed by atoms with Crippen molar-refractivity contribution in [1.29, 1.82) is 0 Å². The second kappa shape index (κ2) is 8.34. The molecule has 1 aliphatic heterocycles. The molecule has 35 heavy (non-hydrogen) atoms. The molecule has 0 aromatic carbocycles. The van der Waals surface area contributed by atoms with E-state index >= 15 is 0 Å². The molecule has 5 rings (SSSR count). The first-order chi connectivity index (χ1) is 16.6. The van der Waals surface area contributed by atoms with Gasteiger partial charge in [-0.3, -0.25) is 4.68 Å². The Labute approximate surface area is 201 Å². The van der Waals surface area contributed by atoms with E-state index < -0.39 is 39.4 Å². The zero-order valence-corrected chi connectivity index (χ0v) is 20.1. The number of carbonyl (C=O) groups is 2. The summed E-state index contributed by atoms with van der Waals surface area (Å²) in [6.45, 7) is -0.687. The van der Waals surface area contributed by atoms with E-state index in [0.717, 1.165) is 10.6 Å². The Morgan fingerprint density at radius 1 is 1.26 bits per heavy atom. The van der Waals surface area contributed by atoms with Crippen molar-refractivity contribution in [2.75, 3.05) is 6.67 Å². The summed E-state index contributed by atoms with van der Waals surface area (Å²) < 4.78 is 46.5. The van der Waals surface area contributed by atoms with Gasteiger partial charge in [-0.2, -0.15) is 19.4 Å². The van der Waals surface area contributed by atoms with Crippen LogP contribution in [0.3, 0.4) is 0 Å². The van der Waals surface area contributed by atoms with Gasteiger partial charge < -0.3 is 4.57 Å². The van der Waals surface area contributed by atoms with Crippen LogP contribution in [0.25, 0.3) is 0 Å². The highest BCUT2D eigenvalue weighted by Gasteiger charge is 2.49. The lowest BCUT2D eigenvalue weighted by Gasteiger charge is -2.26. The lowest BCUT2D eigenvalue weighted by Crippen LogP contribution is -2.52. The first-order valence-electron chi connectivity index (χ1n) is 11.0. The van der Waals surface area contributed by atoms with Crippen LogP contribution in [0.15, 0.2) is 48.7 Å². The van der Waals surface area contributed by atoms with E-state index in [1.165, 1.54) is 22.8 Å². The van der Waals surface area contributed by atoms with Crippen LogP contribution in [0, 0.1) is 0 Å². The summed E-state index contributed by atoms with van der Waals surface area (Å²) in [6.07, 6.45) is 11.5. The molecule has 0 bridgehead atoms. The second-order valence-electron chi connectivity index (χ2n) is 9.13. The van der Waals surface area contributed by atoms with Gasteiger partial charge in [-0.15, -0.1) is 0 Å². The van der Waals surface area contributed by atoms with E-state index in [1.807, 2.05) is 0 Å². The molecule has 2 aromatic rings. The van der Waals surface area contributed by atoms with Crippen LogP contribution in [0.1, 0.15) is 24.1 Å². The van der Waals surface area contributed by atoms with E-state index in [-0.39, 0.29) is 18.7 Å². The van der Waals surface area contributed by atoms with Gasteiger partial charge in [0.25, 0.3) is 0 Å². The summed E-state index contributed by atoms with van der Waals surface area (Å²) in [6, 6.07) is -0.536. The largest absolute Gasteiger partial charge is 0.502 e. The number of sulfonamides is 1. The zero-order chi connectivity index (χ0) is 25.0. The third-order valence-corrected chi connectivity index (χ3v) is 8.17. The number of hydrogen-bond donors (Lipinski definition) is 1. The van der Waals surface area contributed by atoms with Gasteiger partial charge in [-0.25, -0.2) is 27.3 Å². The van der Waals surface area contributed by atoms with Crippen LogP contribution in [-0.2, 0) is 42.0 Å². The van der Waals surface area contributed by atoms with Gasteiger partial charge in [-0.1, -0.05) is 6.08 Å². The first kappa shape index (κ1) is 23.3. The molecule has 1 unspecified atom stereocenters. The molecule has 1 N–H and O–H groups in total. The van der Waals surface area contributed by atoms with E-state index in [9.17, 15) is 22.4 Å². The van der Waals surface area contributed by atoms with Gasteiger partial charge in [0.15, 0.2) is 0 Å². The fourth-order valence-electron chi connectivity index (χ4n) is 4.18. The van der Waals surface area contributed by atoms with Crippen molar-refractivity contribution < 1.29 is 27.0 Å². The Kier molecular flexibility index (Phi) is 5.55. The van der Waals surface area contributed by atoms with Gasteiger partial charge in [0.1, 0.15) is 36.3 Å². The lowest BCUT2D eigenvalue weighted by atomic mass is 9.99. The maximum Gasteiger partial charge on any atom is 0.502 e. The quantitative estimate of drug-likeness (QED) is 0.527. The smallest absolute Gasteiger partial charge is 0.334 e. The van der Waals surface area contributed by atoms with Crippen molar-refractivity contribution >= 4 is 27.7 Å². The van der Waals surface area contributed by atoms with Crippen LogP contribution in [-0.4, -0.2) is 72.3 Å². The standard InChI is InChI=1S/C22H25FN7O4S/c1-27-14-24-9-16(27)12-29-19-4-3-17(35(33,34)26-22(13-23)5-6-22)7-18(19)20(31)30(21(29)32)11-15-8-25-28(2)10-15/h3-4,7-10,14,17,26H,5-6,11-13H2,1-2H3/q+1. The van der Waals surface area contributed by atoms with E-state index in [2.05, 4.69) is 14.8 Å². The predicted molar refractivity (Wildman–Crippen MR) is 122 cm³/mol. The SMILES string of the molecule is Cn1cc(CN2C(=O)C3=CC(S(=O)(=O)NC4(CF)CC4)C=CC3=[N+](Cc3cncn3C)C2=O)cn1. The Hall–Kier alpha value is -3.45. The van der Waals surface area contributed by atoms with Crippen LogP contribution in [0.5, 0.6) is 0 Å². The van der Waals surface area contributed by atoms with E-state index in [4.69, 9.17) is 0 Å². The van der Waals surface area contributed by atoms with Crippen LogP contribution in [0.4, 0.5) is 9.18 Å². The molecule has 1 fully saturated rings. The second-order valence-corrected chi connectivity index (χ2v) is 11.0. The molecule has 0 radical (unpaired) electrons. The monoisotopic (exact) mass is 502 g/mol. The van der Waals surface area contributed by atoms with Crippen LogP contribution < -0.4 is 4.72 Å². The van der Waals surface area contributed by atoms with Crippen molar-refractivity contribution in [3.63, 3.8) is 0 Å². The third-order valence-electron chi connectivity index (χ3n) is 6.44. The van der Waals surface area contributed by atoms with Crippen molar-refractivity contribution in [3.05, 3.63) is 60.0 Å². The number of halogens is 1. The highest BCUT2D eigenvalue weighted by Crippen LogP contribution is 2.37. The molecule has 0 spiro atoms. The summed E-state index contributed by atoms with van der Waals surface area (Å²) in [4.78, 5) is 32.1. The van der Waals surface area contributed by atoms with Gasteiger partial charge in [0.05, 0.1) is 30.0 Å². The minimum Gasteiger partial charge on any atom is -0.334 e. The van der Waals surface area contributed by atoms with Crippen molar-refractivity contribution in [2.24, 2.45) is 14.1 Å². The molecule has 3 aliphatic rings. The number of aryl methyl sites for hydroxylation is 2. The summed E-state index contributed by atoms with van der Waals surface area (Å²) in [5.74, 6) is -0.605. The summed E-state index contributed by atoms with van der Waals surface area (Å²) in [5, 5.41) is 2.91. The maximum atomic E-state index is 13.5. The number of nitrogens with one attached hydrogen (secondary N) is 1. The number of imidazole rings is 1. The molecule has 3 heterocycles. The number of hydrogen-bond acceptors (Lipinski definition) is 6. The van der Waals surface area contributed by atoms with Gasteiger partial charge in [-0.05, 0) is 25.0 Å². The Morgan fingerprint density at radius 3 is 2.63 bits per heavy atom. The number of fused-ring (bicyclic) bond motifs is 1. The molecule has 1 saturated carbocycles. The number of allylic oxidation sites excluding steroid dienone is 1. The Morgan fingerprint density at radius 2 is 2.03 bits per heavy atom. The summed E-state index contributed by atoms with van der Waals surface area (Å²) in [5.41, 5.74) is 0.721. The molecular formula is C22H25FN7O4S+. The average molecular weight is 503 g/mol. The van der Waals surface area contributed by atoms with Crippen molar-refractivity contribution in [3.8, 4) is 0 Å². The highest BCUT2D eigenvalue weighted by atomic mass is 32.2. The minimum atomic E-state index is -3.99. The number of carbonyl (C=O) groups excluding carboxylic acids is 2. The van der Waals surface area contributed by atoms with Crippen molar-refractivity contribution in [1.82, 2.24) is 29.0 Å². The lowest BCUT2D eigenvalue weighted by molar-refractivity contribution is -0.454. The fraction of sp³-hybridized carbons (Fsp3) is 0.409. The normalized spacial score (nSPS) is 21.4. The zero-order valence-electron chi connectivity index (χ0n) is 19.3. The molecule has 11 nitrogen and oxygen atoms in total. The van der Waals surface area contributed by atoms with Crippen LogP contribution >= 0.6 is 0 Å². The molecule has 3 amide bonds. The van der Waals surface area contributed by atoms with Gasteiger partial charge in [0.2, 0.25) is 10.0 Å². The Balaban J connectivity index is 1.54. The highest BCUT2D eigenvalue weighted by molar-refractivity contribution is 7.90. The maximum absolute atomic E-state index is 13.5. The number of aromatic nitrogens is 4. The predicted octanol–water partition coefficient (Wildman–Crippen LogP) is 0.556. The molecule has 0 saturated heterocycles. The number of nitrogens with zero attached hydrogens (tertiary/aromatic N) is 6. The molecule has 2 aliphatic carbocycles. The minimum absolute atomic E-state index is 0.0254. The summed E-state index contributed by atoms with van der Waals surface area (Å²) in [7, 11) is -0.474. The van der Waals surface area contributed by atoms with Crippen LogP contribution in [0.2, 0.25) is 0 Å². The number of imide groups is 1. The molecular weight excluding hydrogens is 477 g/mol. The van der Waals surface area contributed by atoms with Crippen molar-refractivity contribution in [2.45, 2.75) is 36.7 Å². The fourth-order valence-corrected chi connectivity index (χ4v) is 5.78. The average Bonchev–Trinajstić information content (AvgIpc) is 3.27. The number of alkyl halides is 1. The van der Waals surface area contributed by atoms with Gasteiger partial charge >= 0.3 is 11.9 Å². The Bertz CT molecular complexity index is 1410.